The van der Waals surface area contributed by atoms with Gasteiger partial charge in [0.05, 0.1) is 33.6 Å². The molecule has 2 heterocycles. The Morgan fingerprint density at radius 1 is 1.00 bits per heavy atom. The van der Waals surface area contributed by atoms with Gasteiger partial charge >= 0.3 is 6.18 Å². The fourth-order valence-electron chi connectivity index (χ4n) is 5.75. The average Bonchev–Trinajstić information content (AvgIpc) is 3.25. The van der Waals surface area contributed by atoms with E-state index in [9.17, 15) is 25.1 Å². The number of piperidine rings is 1. The van der Waals surface area contributed by atoms with Gasteiger partial charge < -0.3 is 19.1 Å². The molecule has 6 rings (SSSR count). The van der Waals surface area contributed by atoms with Crippen LogP contribution in [0.5, 0.6) is 0 Å². The molecule has 1 amide bonds. The third-order valence-electron chi connectivity index (χ3n) is 8.47. The predicted octanol–water partition coefficient (Wildman–Crippen LogP) is 8.71. The largest absolute Gasteiger partial charge is 0.416 e. The zero-order chi connectivity index (χ0) is 48.4. The molecule has 0 radical (unpaired) electrons. The first-order valence-corrected chi connectivity index (χ1v) is 17.1. The molecule has 0 spiro atoms. The number of fused-ring (bicyclic) bond motifs is 1. The Labute approximate surface area is 326 Å². The van der Waals surface area contributed by atoms with E-state index in [0.717, 1.165) is 51.8 Å². The van der Waals surface area contributed by atoms with E-state index in [4.69, 9.17) is 18.4 Å². The molecule has 0 N–H and O–H groups in total. The van der Waals surface area contributed by atoms with E-state index in [1.54, 1.807) is 0 Å². The molecule has 1 saturated heterocycles. The van der Waals surface area contributed by atoms with Crippen LogP contribution in [-0.2, 0) is 34.5 Å². The molecule has 4 aromatic carbocycles. The molecule has 1 aliphatic heterocycles. The molecule has 5 aromatic rings. The summed E-state index contributed by atoms with van der Waals surface area (Å²) in [6.45, 7) is -8.62. The van der Waals surface area contributed by atoms with Crippen LogP contribution in [0.15, 0.2) is 101 Å². The first-order chi connectivity index (χ1) is 30.1. The van der Waals surface area contributed by atoms with Gasteiger partial charge in [0, 0.05) is 67.4 Å². The Bertz CT molecular complexity index is 2700. The zero-order valence-electron chi connectivity index (χ0n) is 40.3. The van der Waals surface area contributed by atoms with Crippen LogP contribution in [0.2, 0.25) is 0 Å². The number of hydrogen-bond donors (Lipinski definition) is 0. The molecule has 0 saturated carbocycles. The highest BCUT2D eigenvalue weighted by atomic mass is 32.2. The Morgan fingerprint density at radius 2 is 1.68 bits per heavy atom. The number of pyridine rings is 1. The van der Waals surface area contributed by atoms with Gasteiger partial charge in [0.15, 0.2) is 17.1 Å². The molecule has 0 bridgehead atoms. The highest BCUT2D eigenvalue weighted by molar-refractivity contribution is 7.98. The van der Waals surface area contributed by atoms with Gasteiger partial charge in [-0.25, -0.2) is 8.78 Å². The van der Waals surface area contributed by atoms with E-state index >= 15 is 9.18 Å². The Kier molecular flexibility index (Phi) is 8.01. The number of rotatable bonds is 12. The molecule has 0 aliphatic carbocycles. The van der Waals surface area contributed by atoms with E-state index in [-0.39, 0.29) is 48.8 Å². The summed E-state index contributed by atoms with van der Waals surface area (Å²) in [4.78, 5) is 30.9. The van der Waals surface area contributed by atoms with Gasteiger partial charge in [0.1, 0.15) is 6.54 Å². The lowest BCUT2D eigenvalue weighted by atomic mass is 10.00. The average molecular weight is 762 g/mol. The number of aromatic nitrogens is 1. The zero-order valence-corrected chi connectivity index (χ0v) is 29.1. The molecule has 1 aliphatic rings. The van der Waals surface area contributed by atoms with Crippen LogP contribution in [0.3, 0.4) is 0 Å². The van der Waals surface area contributed by atoms with Crippen LogP contribution in [0, 0.1) is 18.6 Å². The number of alkyl halides is 3. The maximum absolute atomic E-state index is 15.1. The third kappa shape index (κ3) is 9.17. The highest BCUT2D eigenvalue weighted by Gasteiger charge is 2.31. The number of ether oxygens (including phenoxy) is 1. The Balaban J connectivity index is 1.50. The van der Waals surface area contributed by atoms with Crippen LogP contribution in [0.1, 0.15) is 51.5 Å². The van der Waals surface area contributed by atoms with Crippen molar-refractivity contribution in [2.75, 3.05) is 33.3 Å². The second kappa shape index (κ2) is 16.7. The van der Waals surface area contributed by atoms with Crippen molar-refractivity contribution in [3.63, 3.8) is 0 Å². The summed E-state index contributed by atoms with van der Waals surface area (Å²) in [6.07, 6.45) is -4.95. The molecular formula is C41H40F5N3O3S. The van der Waals surface area contributed by atoms with E-state index in [0.29, 0.717) is 11.1 Å². The Morgan fingerprint density at radius 3 is 2.34 bits per heavy atom. The van der Waals surface area contributed by atoms with Crippen molar-refractivity contribution >= 4 is 28.6 Å². The molecule has 278 valence electrons. The SMILES string of the molecule is [2H]c1c(C)c([2H])c2c(=O)c([2H])c(SC([2H])([2H])c3cccc(F)c3F)n(CC(=O)N(C3CCN(C([2H])([2H])C([2H])([2H])OC)CC3)C([2H])([2H])c3ccc(-c4ccc(C(F)(F)F)cc4)cc3)c2c1[2H]. The van der Waals surface area contributed by atoms with Crippen LogP contribution < -0.4 is 5.43 Å². The van der Waals surface area contributed by atoms with E-state index in [1.807, 2.05) is 0 Å². The minimum absolute atomic E-state index is 0.00469. The first kappa shape index (κ1) is 25.5. The van der Waals surface area contributed by atoms with Crippen molar-refractivity contribution in [2.45, 2.75) is 55.8 Å². The van der Waals surface area contributed by atoms with Gasteiger partial charge in [-0.2, -0.15) is 13.2 Å². The molecule has 12 heteroatoms. The third-order valence-corrected chi connectivity index (χ3v) is 9.30. The molecular weight excluding hydrogens is 710 g/mol. The van der Waals surface area contributed by atoms with Crippen molar-refractivity contribution < 1.29 is 47.9 Å². The van der Waals surface area contributed by atoms with E-state index < -0.39 is 118 Å². The monoisotopic (exact) mass is 761 g/mol. The normalized spacial score (nSPS) is 18.5. The van der Waals surface area contributed by atoms with Crippen molar-refractivity contribution in [3.05, 3.63) is 135 Å². The minimum atomic E-state index is -4.59. The van der Waals surface area contributed by atoms with Crippen LogP contribution in [0.4, 0.5) is 22.0 Å². The molecule has 6 nitrogen and oxygen atoms in total. The quantitative estimate of drug-likeness (QED) is 0.0941. The number of thioether (sulfide) groups is 1. The minimum Gasteiger partial charge on any atom is -0.383 e. The highest BCUT2D eigenvalue weighted by Crippen LogP contribution is 2.32. The number of halogens is 5. The predicted molar refractivity (Wildman–Crippen MR) is 198 cm³/mol. The van der Waals surface area contributed by atoms with Crippen molar-refractivity contribution in [2.24, 2.45) is 0 Å². The second-order valence-electron chi connectivity index (χ2n) is 12.0. The van der Waals surface area contributed by atoms with Crippen molar-refractivity contribution in [1.29, 1.82) is 0 Å². The molecule has 0 atom stereocenters. The molecule has 53 heavy (non-hydrogen) atoms. The number of carbonyl (C=O) groups is 1. The van der Waals surface area contributed by atoms with Gasteiger partial charge in [0.25, 0.3) is 0 Å². The van der Waals surface area contributed by atoms with Crippen LogP contribution in [-0.4, -0.2) is 59.6 Å². The van der Waals surface area contributed by atoms with Crippen molar-refractivity contribution in [1.82, 2.24) is 14.4 Å². The second-order valence-corrected chi connectivity index (χ2v) is 12.8. The van der Waals surface area contributed by atoms with Gasteiger partial charge in [0.2, 0.25) is 5.91 Å². The number of carbonyl (C=O) groups excluding carboxylic acids is 1. The number of amides is 1. The smallest absolute Gasteiger partial charge is 0.383 e. The number of likely N-dealkylation sites (tertiary alicyclic amines) is 1. The fraction of sp³-hybridized carbons (Fsp3) is 0.317. The van der Waals surface area contributed by atoms with Gasteiger partial charge in [-0.3, -0.25) is 9.59 Å². The Hall–Kier alpha value is -4.52. The van der Waals surface area contributed by atoms with E-state index in [1.165, 1.54) is 43.3 Å². The number of benzene rings is 4. The summed E-state index contributed by atoms with van der Waals surface area (Å²) in [5, 5.41) is -1.31. The summed E-state index contributed by atoms with van der Waals surface area (Å²) in [6, 6.07) is 8.25. The number of methoxy groups -OCH3 is 1. The van der Waals surface area contributed by atoms with Crippen molar-refractivity contribution in [3.8, 4) is 11.1 Å². The van der Waals surface area contributed by atoms with Gasteiger partial charge in [-0.1, -0.05) is 60.1 Å². The summed E-state index contributed by atoms with van der Waals surface area (Å²) < 4.78 is 180. The standard InChI is InChI=1S/C41H40F5N3O3S/c1-27-6-15-36-34(22-27)37(50)23-39(53-26-31-4-3-5-35(42)40(31)43)49(36)25-38(51)48(33-16-18-47(19-17-33)20-21-52-2)24-28-7-9-29(10-8-28)30-11-13-32(14-12-30)41(44,45)46/h3-15,22-23,33H,16-21,24-26H2,1-2H3/i6D,15D,20D2,21D2,22D,23D,24D2,26D2. The summed E-state index contributed by atoms with van der Waals surface area (Å²) in [7, 11) is 0.981. The maximum Gasteiger partial charge on any atom is 0.416 e. The summed E-state index contributed by atoms with van der Waals surface area (Å²) in [5.41, 5.74) is -6.10. The maximum atomic E-state index is 15.1. The van der Waals surface area contributed by atoms with E-state index in [2.05, 4.69) is 0 Å². The van der Waals surface area contributed by atoms with Crippen LogP contribution >= 0.6 is 11.8 Å². The molecule has 1 fully saturated rings. The first-order valence-electron chi connectivity index (χ1n) is 22.3. The lowest BCUT2D eigenvalue weighted by molar-refractivity contribution is -0.137. The molecule has 1 aromatic heterocycles. The topological polar surface area (TPSA) is 54.8 Å². The van der Waals surface area contributed by atoms with Gasteiger partial charge in [-0.05, 0) is 66.7 Å². The summed E-state index contributed by atoms with van der Waals surface area (Å²) in [5.74, 6) is -4.16. The summed E-state index contributed by atoms with van der Waals surface area (Å²) >= 11 is 0.00469. The lowest BCUT2D eigenvalue weighted by Gasteiger charge is -2.39. The number of hydrogen-bond acceptors (Lipinski definition) is 5. The number of nitrogens with zero attached hydrogens (tertiary/aromatic N) is 3. The fourth-order valence-corrected chi connectivity index (χ4v) is 6.52. The lowest BCUT2D eigenvalue weighted by Crippen LogP contribution is -2.48. The molecule has 0 unspecified atom stereocenters. The van der Waals surface area contributed by atoms with Crippen LogP contribution in [0.25, 0.3) is 22.0 Å². The van der Waals surface area contributed by atoms with Gasteiger partial charge in [-0.15, -0.1) is 11.8 Å².